The predicted molar refractivity (Wildman–Crippen MR) is 83.8 cm³/mol. The van der Waals surface area contributed by atoms with Gasteiger partial charge in [0.05, 0.1) is 10.5 Å². The van der Waals surface area contributed by atoms with E-state index in [4.69, 9.17) is 5.26 Å². The molecule has 0 unspecified atom stereocenters. The Morgan fingerprint density at radius 3 is 2.05 bits per heavy atom. The average Bonchev–Trinajstić information content (AvgIpc) is 2.45. The van der Waals surface area contributed by atoms with Gasteiger partial charge in [-0.25, -0.2) is 8.42 Å². The van der Waals surface area contributed by atoms with Gasteiger partial charge in [-0.3, -0.25) is 0 Å². The van der Waals surface area contributed by atoms with Crippen LogP contribution in [0.4, 0.5) is 0 Å². The van der Waals surface area contributed by atoms with Crippen molar-refractivity contribution in [2.24, 2.45) is 0 Å². The van der Waals surface area contributed by atoms with E-state index >= 15 is 0 Å². The van der Waals surface area contributed by atoms with Crippen molar-refractivity contribution >= 4 is 9.84 Å². The fourth-order valence-electron chi connectivity index (χ4n) is 2.18. The van der Waals surface area contributed by atoms with Crippen molar-refractivity contribution in [3.05, 3.63) is 53.6 Å². The summed E-state index contributed by atoms with van der Waals surface area (Å²) < 4.78 is 23.3. The Morgan fingerprint density at radius 1 is 1.00 bits per heavy atom. The second kappa shape index (κ2) is 5.71. The highest BCUT2D eigenvalue weighted by atomic mass is 32.2. The fraction of sp³-hybridized carbons (Fsp3) is 0.235. The molecule has 0 aliphatic rings. The van der Waals surface area contributed by atoms with E-state index in [1.54, 1.807) is 12.1 Å². The average molecular weight is 299 g/mol. The summed E-state index contributed by atoms with van der Waals surface area (Å²) in [7, 11) is -3.38. The third-order valence-electron chi connectivity index (χ3n) is 3.41. The fourth-order valence-corrected chi connectivity index (χ4v) is 3.00. The van der Waals surface area contributed by atoms with Crippen LogP contribution in [-0.4, -0.2) is 14.7 Å². The molecule has 3 nitrogen and oxygen atoms in total. The summed E-state index contributed by atoms with van der Waals surface area (Å²) in [6.45, 7) is 4.26. The summed E-state index contributed by atoms with van der Waals surface area (Å²) in [5, 5.41) is 9.16. The van der Waals surface area contributed by atoms with Crippen molar-refractivity contribution in [2.45, 2.75) is 24.7 Å². The molecule has 0 aliphatic heterocycles. The predicted octanol–water partition coefficient (Wildman–Crippen LogP) is 3.75. The van der Waals surface area contributed by atoms with Crippen LogP contribution >= 0.6 is 0 Å². The van der Waals surface area contributed by atoms with Gasteiger partial charge in [0, 0.05) is 6.26 Å². The second-order valence-electron chi connectivity index (χ2n) is 5.37. The molecular weight excluding hydrogens is 282 g/mol. The maximum atomic E-state index is 11.6. The Morgan fingerprint density at radius 2 is 1.57 bits per heavy atom. The van der Waals surface area contributed by atoms with Crippen molar-refractivity contribution in [1.29, 1.82) is 5.26 Å². The molecule has 2 aromatic carbocycles. The van der Waals surface area contributed by atoms with Crippen molar-refractivity contribution in [2.75, 3.05) is 6.26 Å². The summed E-state index contributed by atoms with van der Waals surface area (Å²) >= 11 is 0. The van der Waals surface area contributed by atoms with Crippen LogP contribution in [0.2, 0.25) is 0 Å². The highest BCUT2D eigenvalue weighted by Gasteiger charge is 2.14. The van der Waals surface area contributed by atoms with Crippen molar-refractivity contribution in [1.82, 2.24) is 0 Å². The van der Waals surface area contributed by atoms with Crippen molar-refractivity contribution in [3.8, 4) is 17.2 Å². The maximum Gasteiger partial charge on any atom is 0.176 e. The number of rotatable bonds is 3. The Kier molecular flexibility index (Phi) is 4.15. The van der Waals surface area contributed by atoms with E-state index in [0.29, 0.717) is 5.92 Å². The smallest absolute Gasteiger partial charge is 0.176 e. The lowest BCUT2D eigenvalue weighted by Gasteiger charge is -2.08. The molecule has 0 radical (unpaired) electrons. The molecule has 0 aliphatic carbocycles. The van der Waals surface area contributed by atoms with Crippen LogP contribution in [0.1, 0.15) is 30.9 Å². The van der Waals surface area contributed by atoms with Gasteiger partial charge in [-0.1, -0.05) is 44.2 Å². The van der Waals surface area contributed by atoms with E-state index in [1.807, 2.05) is 18.2 Å². The molecule has 0 bridgehead atoms. The van der Waals surface area contributed by atoms with E-state index in [-0.39, 0.29) is 10.5 Å². The maximum absolute atomic E-state index is 11.6. The van der Waals surface area contributed by atoms with Crippen LogP contribution in [-0.2, 0) is 9.84 Å². The minimum Gasteiger partial charge on any atom is -0.224 e. The van der Waals surface area contributed by atoms with Crippen LogP contribution < -0.4 is 0 Å². The number of hydrogen-bond donors (Lipinski definition) is 0. The van der Waals surface area contributed by atoms with Gasteiger partial charge in [-0.15, -0.1) is 0 Å². The molecule has 4 heteroatoms. The lowest BCUT2D eigenvalue weighted by atomic mass is 9.98. The molecule has 2 aromatic rings. The lowest BCUT2D eigenvalue weighted by Crippen LogP contribution is -2.00. The lowest BCUT2D eigenvalue weighted by molar-refractivity contribution is 0.601. The number of nitrogens with zero attached hydrogens (tertiary/aromatic N) is 1. The summed E-state index contributed by atoms with van der Waals surface area (Å²) in [5.41, 5.74) is 3.24. The van der Waals surface area contributed by atoms with Gasteiger partial charge in [0.2, 0.25) is 0 Å². The molecule has 0 spiro atoms. The summed E-state index contributed by atoms with van der Waals surface area (Å²) in [5.74, 6) is 0.460. The van der Waals surface area contributed by atoms with Gasteiger partial charge in [0.1, 0.15) is 6.07 Å². The third kappa shape index (κ3) is 3.32. The number of benzene rings is 2. The molecule has 108 valence electrons. The molecule has 0 heterocycles. The first-order valence-corrected chi connectivity index (χ1v) is 8.56. The van der Waals surface area contributed by atoms with Crippen LogP contribution in [0.25, 0.3) is 11.1 Å². The minimum absolute atomic E-state index is 0.0764. The highest BCUT2D eigenvalue weighted by molar-refractivity contribution is 7.90. The first-order valence-electron chi connectivity index (χ1n) is 6.67. The molecule has 0 amide bonds. The molecule has 0 atom stereocenters. The van der Waals surface area contributed by atoms with Gasteiger partial charge < -0.3 is 0 Å². The Bertz CT molecular complexity index is 798. The summed E-state index contributed by atoms with van der Waals surface area (Å²) in [6, 6.07) is 14.9. The van der Waals surface area contributed by atoms with Gasteiger partial charge in [-0.05, 0) is 34.7 Å². The first-order chi connectivity index (χ1) is 9.82. The van der Waals surface area contributed by atoms with Gasteiger partial charge in [0.25, 0.3) is 0 Å². The van der Waals surface area contributed by atoms with Crippen LogP contribution in [0.15, 0.2) is 47.4 Å². The molecule has 0 saturated carbocycles. The zero-order valence-electron chi connectivity index (χ0n) is 12.3. The summed E-state index contributed by atoms with van der Waals surface area (Å²) in [4.78, 5) is 0.0764. The largest absolute Gasteiger partial charge is 0.224 e. The van der Waals surface area contributed by atoms with Gasteiger partial charge in [0.15, 0.2) is 9.84 Å². The second-order valence-corrected chi connectivity index (χ2v) is 7.36. The molecular formula is C17H17NO2S. The standard InChI is InChI=1S/C17H17NO2S/c1-12(2)13-4-6-14(7-5-13)15-8-9-17(21(3,19)20)16(10-15)11-18/h4-10,12H,1-3H3. The zero-order valence-corrected chi connectivity index (χ0v) is 13.1. The number of sulfone groups is 1. The highest BCUT2D eigenvalue weighted by Crippen LogP contribution is 2.26. The van der Waals surface area contributed by atoms with Crippen LogP contribution in [0.5, 0.6) is 0 Å². The molecule has 21 heavy (non-hydrogen) atoms. The molecule has 0 N–H and O–H groups in total. The van der Waals surface area contributed by atoms with Crippen LogP contribution in [0, 0.1) is 11.3 Å². The SMILES string of the molecule is CC(C)c1ccc(-c2ccc(S(C)(=O)=O)c(C#N)c2)cc1. The van der Waals surface area contributed by atoms with E-state index in [9.17, 15) is 8.42 Å². The quantitative estimate of drug-likeness (QED) is 0.867. The molecule has 0 fully saturated rings. The van der Waals surface area contributed by atoms with Crippen molar-refractivity contribution < 1.29 is 8.42 Å². The van der Waals surface area contributed by atoms with E-state index in [2.05, 4.69) is 26.0 Å². The van der Waals surface area contributed by atoms with Gasteiger partial charge in [-0.2, -0.15) is 5.26 Å². The molecule has 0 saturated heterocycles. The number of hydrogen-bond acceptors (Lipinski definition) is 3. The number of nitriles is 1. The molecule has 0 aromatic heterocycles. The Labute approximate surface area is 125 Å². The van der Waals surface area contributed by atoms with E-state index < -0.39 is 9.84 Å². The van der Waals surface area contributed by atoms with E-state index in [1.165, 1.54) is 11.6 Å². The molecule has 2 rings (SSSR count). The normalized spacial score (nSPS) is 11.4. The summed E-state index contributed by atoms with van der Waals surface area (Å²) in [6.07, 6.45) is 1.11. The topological polar surface area (TPSA) is 57.9 Å². The van der Waals surface area contributed by atoms with E-state index in [0.717, 1.165) is 17.4 Å². The minimum atomic E-state index is -3.38. The monoisotopic (exact) mass is 299 g/mol. The Hall–Kier alpha value is -2.12. The van der Waals surface area contributed by atoms with Crippen LogP contribution in [0.3, 0.4) is 0 Å². The third-order valence-corrected chi connectivity index (χ3v) is 4.57. The van der Waals surface area contributed by atoms with Gasteiger partial charge >= 0.3 is 0 Å². The zero-order chi connectivity index (χ0) is 15.6. The Balaban J connectivity index is 2.49. The first kappa shape index (κ1) is 15.3. The van der Waals surface area contributed by atoms with Crippen molar-refractivity contribution in [3.63, 3.8) is 0 Å².